The summed E-state index contributed by atoms with van der Waals surface area (Å²) in [5.74, 6) is -0.367. The molecule has 33 heavy (non-hydrogen) atoms. The Hall–Kier alpha value is -3.41. The van der Waals surface area contributed by atoms with E-state index in [1.807, 2.05) is 60.4 Å². The minimum Gasteiger partial charge on any atom is -0.461 e. The van der Waals surface area contributed by atoms with E-state index >= 15 is 0 Å². The Morgan fingerprint density at radius 1 is 1.06 bits per heavy atom. The predicted octanol–water partition coefficient (Wildman–Crippen LogP) is 5.43. The van der Waals surface area contributed by atoms with Crippen molar-refractivity contribution in [2.45, 2.75) is 52.5 Å². The molecule has 1 unspecified atom stereocenters. The van der Waals surface area contributed by atoms with E-state index in [9.17, 15) is 9.59 Å². The minimum absolute atomic E-state index is 0.0832. The molecule has 1 fully saturated rings. The fourth-order valence-electron chi connectivity index (χ4n) is 4.54. The Morgan fingerprint density at radius 2 is 1.82 bits per heavy atom. The van der Waals surface area contributed by atoms with Gasteiger partial charge < -0.3 is 9.64 Å². The van der Waals surface area contributed by atoms with Crippen molar-refractivity contribution in [3.8, 4) is 16.9 Å². The SMILES string of the molecule is CCOC(=O)c1cc(-c2ccccc2C)n(-c2ccc(C(=O)N3CCCCC3CC)cc2)n1. The highest BCUT2D eigenvalue weighted by atomic mass is 16.5. The maximum atomic E-state index is 13.2. The number of amides is 1. The molecule has 0 N–H and O–H groups in total. The van der Waals surface area contributed by atoms with Crippen LogP contribution < -0.4 is 0 Å². The molecule has 4 rings (SSSR count). The monoisotopic (exact) mass is 445 g/mol. The highest BCUT2D eigenvalue weighted by molar-refractivity contribution is 5.94. The second-order valence-electron chi connectivity index (χ2n) is 8.47. The number of aromatic nitrogens is 2. The smallest absolute Gasteiger partial charge is 0.358 e. The number of ether oxygens (including phenoxy) is 1. The molecule has 0 saturated carbocycles. The van der Waals surface area contributed by atoms with Crippen LogP contribution in [0.25, 0.3) is 16.9 Å². The van der Waals surface area contributed by atoms with E-state index in [0.29, 0.717) is 11.6 Å². The molecule has 1 aliphatic heterocycles. The van der Waals surface area contributed by atoms with Crippen LogP contribution >= 0.6 is 0 Å². The zero-order chi connectivity index (χ0) is 23.4. The van der Waals surface area contributed by atoms with E-state index < -0.39 is 5.97 Å². The molecule has 6 heteroatoms. The van der Waals surface area contributed by atoms with Crippen LogP contribution in [0, 0.1) is 6.92 Å². The number of likely N-dealkylation sites (tertiary alicyclic amines) is 1. The predicted molar refractivity (Wildman–Crippen MR) is 129 cm³/mol. The average molecular weight is 446 g/mol. The topological polar surface area (TPSA) is 64.4 Å². The summed E-state index contributed by atoms with van der Waals surface area (Å²) in [4.78, 5) is 27.6. The van der Waals surface area contributed by atoms with Crippen LogP contribution in [0.1, 0.15) is 65.9 Å². The molecule has 172 valence electrons. The molecule has 3 aromatic rings. The van der Waals surface area contributed by atoms with E-state index in [4.69, 9.17) is 4.74 Å². The van der Waals surface area contributed by atoms with Gasteiger partial charge in [0.05, 0.1) is 18.0 Å². The molecular formula is C27H31N3O3. The zero-order valence-electron chi connectivity index (χ0n) is 19.6. The lowest BCUT2D eigenvalue weighted by atomic mass is 9.99. The summed E-state index contributed by atoms with van der Waals surface area (Å²) in [5, 5.41) is 4.55. The van der Waals surface area contributed by atoms with E-state index in [0.717, 1.165) is 48.3 Å². The summed E-state index contributed by atoms with van der Waals surface area (Å²) in [5.41, 5.74) is 4.59. The van der Waals surface area contributed by atoms with Crippen LogP contribution in [0.3, 0.4) is 0 Å². The van der Waals surface area contributed by atoms with Crippen molar-refractivity contribution in [1.82, 2.24) is 14.7 Å². The third kappa shape index (κ3) is 4.70. The van der Waals surface area contributed by atoms with Gasteiger partial charge in [0.2, 0.25) is 0 Å². The first kappa shape index (κ1) is 22.8. The Kier molecular flexibility index (Phi) is 6.92. The molecule has 0 bridgehead atoms. The standard InChI is InChI=1S/C27H31N3O3/c1-4-21-11-8-9-17-29(21)26(31)20-13-15-22(16-14-20)30-25(23-12-7-6-10-19(23)3)18-24(28-30)27(32)33-5-2/h6-7,10,12-16,18,21H,4-5,8-9,11,17H2,1-3H3. The first-order valence-electron chi connectivity index (χ1n) is 11.8. The number of esters is 1. The number of rotatable bonds is 6. The van der Waals surface area contributed by atoms with Crippen molar-refractivity contribution in [2.75, 3.05) is 13.2 Å². The van der Waals surface area contributed by atoms with E-state index in [2.05, 4.69) is 12.0 Å². The molecule has 2 heterocycles. The second-order valence-corrected chi connectivity index (χ2v) is 8.47. The number of hydrogen-bond donors (Lipinski definition) is 0. The van der Waals surface area contributed by atoms with E-state index in [1.165, 1.54) is 6.42 Å². The number of carbonyl (C=O) groups is 2. The maximum absolute atomic E-state index is 13.2. The van der Waals surface area contributed by atoms with Crippen molar-refractivity contribution in [3.63, 3.8) is 0 Å². The minimum atomic E-state index is -0.450. The lowest BCUT2D eigenvalue weighted by molar-refractivity contribution is 0.0518. The number of aryl methyl sites for hydroxylation is 1. The van der Waals surface area contributed by atoms with Crippen LogP contribution in [0.2, 0.25) is 0 Å². The Bertz CT molecular complexity index is 1130. The van der Waals surface area contributed by atoms with Crippen LogP contribution in [0.15, 0.2) is 54.6 Å². The number of carbonyl (C=O) groups excluding carboxylic acids is 2. The van der Waals surface area contributed by atoms with Gasteiger partial charge in [-0.05, 0) is 75.4 Å². The molecule has 1 saturated heterocycles. The molecule has 1 amide bonds. The zero-order valence-corrected chi connectivity index (χ0v) is 19.6. The average Bonchev–Trinajstić information content (AvgIpc) is 3.29. The highest BCUT2D eigenvalue weighted by Gasteiger charge is 2.26. The molecule has 2 aromatic carbocycles. The summed E-state index contributed by atoms with van der Waals surface area (Å²) in [7, 11) is 0. The van der Waals surface area contributed by atoms with Gasteiger partial charge in [0, 0.05) is 23.7 Å². The normalized spacial score (nSPS) is 16.0. The van der Waals surface area contributed by atoms with Gasteiger partial charge in [-0.1, -0.05) is 31.2 Å². The van der Waals surface area contributed by atoms with Gasteiger partial charge in [0.15, 0.2) is 5.69 Å². The van der Waals surface area contributed by atoms with Gasteiger partial charge in [-0.3, -0.25) is 4.79 Å². The van der Waals surface area contributed by atoms with Gasteiger partial charge in [-0.2, -0.15) is 5.10 Å². The lowest BCUT2D eigenvalue weighted by Crippen LogP contribution is -2.43. The molecule has 1 atom stereocenters. The number of hydrogen-bond acceptors (Lipinski definition) is 4. The summed E-state index contributed by atoms with van der Waals surface area (Å²) in [6.45, 7) is 7.06. The maximum Gasteiger partial charge on any atom is 0.358 e. The van der Waals surface area contributed by atoms with Crippen LogP contribution in [-0.2, 0) is 4.74 Å². The van der Waals surface area contributed by atoms with Crippen molar-refractivity contribution in [3.05, 3.63) is 71.4 Å². The van der Waals surface area contributed by atoms with Gasteiger partial charge >= 0.3 is 5.97 Å². The first-order valence-corrected chi connectivity index (χ1v) is 11.8. The number of benzene rings is 2. The van der Waals surface area contributed by atoms with Gasteiger partial charge in [-0.15, -0.1) is 0 Å². The number of nitrogens with zero attached hydrogens (tertiary/aromatic N) is 3. The van der Waals surface area contributed by atoms with Gasteiger partial charge in [0.1, 0.15) is 0 Å². The molecule has 6 nitrogen and oxygen atoms in total. The van der Waals surface area contributed by atoms with E-state index in [1.54, 1.807) is 17.7 Å². The third-order valence-electron chi connectivity index (χ3n) is 6.33. The third-order valence-corrected chi connectivity index (χ3v) is 6.33. The van der Waals surface area contributed by atoms with Crippen molar-refractivity contribution in [1.29, 1.82) is 0 Å². The summed E-state index contributed by atoms with van der Waals surface area (Å²) in [6, 6.07) is 17.6. The van der Waals surface area contributed by atoms with Gasteiger partial charge in [-0.25, -0.2) is 9.48 Å². The van der Waals surface area contributed by atoms with Crippen LogP contribution in [-0.4, -0.2) is 45.8 Å². The Balaban J connectivity index is 1.69. The van der Waals surface area contributed by atoms with Crippen LogP contribution in [0.5, 0.6) is 0 Å². The largest absolute Gasteiger partial charge is 0.461 e. The van der Waals surface area contributed by atoms with Crippen LogP contribution in [0.4, 0.5) is 0 Å². The summed E-state index contributed by atoms with van der Waals surface area (Å²) >= 11 is 0. The molecule has 0 aliphatic carbocycles. The Morgan fingerprint density at radius 3 is 2.52 bits per heavy atom. The molecule has 1 aromatic heterocycles. The first-order chi connectivity index (χ1) is 16.0. The fraction of sp³-hybridized carbons (Fsp3) is 0.370. The van der Waals surface area contributed by atoms with E-state index in [-0.39, 0.29) is 18.2 Å². The molecular weight excluding hydrogens is 414 g/mol. The summed E-state index contributed by atoms with van der Waals surface area (Å²) < 4.78 is 6.92. The van der Waals surface area contributed by atoms with Gasteiger partial charge in [0.25, 0.3) is 5.91 Å². The lowest BCUT2D eigenvalue weighted by Gasteiger charge is -2.35. The van der Waals surface area contributed by atoms with Crippen molar-refractivity contribution < 1.29 is 14.3 Å². The number of piperidine rings is 1. The highest BCUT2D eigenvalue weighted by Crippen LogP contribution is 2.28. The van der Waals surface area contributed by atoms with Crippen molar-refractivity contribution in [2.24, 2.45) is 0 Å². The fourth-order valence-corrected chi connectivity index (χ4v) is 4.54. The summed E-state index contributed by atoms with van der Waals surface area (Å²) in [6.07, 6.45) is 4.30. The van der Waals surface area contributed by atoms with Crippen molar-refractivity contribution >= 4 is 11.9 Å². The second kappa shape index (κ2) is 10.0. The molecule has 0 spiro atoms. The molecule has 1 aliphatic rings. The quantitative estimate of drug-likeness (QED) is 0.475. The molecule has 0 radical (unpaired) electrons. The Labute approximate surface area is 195 Å².